The van der Waals surface area contributed by atoms with Crippen molar-refractivity contribution in [2.45, 2.75) is 25.3 Å². The molecule has 1 fully saturated rings. The van der Waals surface area contributed by atoms with Crippen molar-refractivity contribution in [2.75, 3.05) is 11.9 Å². The number of aromatic nitrogens is 1. The van der Waals surface area contributed by atoms with Crippen LogP contribution in [0.4, 0.5) is 10.5 Å². The molecular formula is C17H19N3O. The minimum Gasteiger partial charge on any atom is -0.321 e. The third-order valence-corrected chi connectivity index (χ3v) is 3.86. The summed E-state index contributed by atoms with van der Waals surface area (Å²) in [5.41, 5.74) is 2.02. The monoisotopic (exact) mass is 281 g/mol. The molecule has 1 aliphatic rings. The van der Waals surface area contributed by atoms with Crippen molar-refractivity contribution in [3.63, 3.8) is 0 Å². The van der Waals surface area contributed by atoms with Gasteiger partial charge < -0.3 is 10.2 Å². The van der Waals surface area contributed by atoms with Crippen molar-refractivity contribution in [3.05, 3.63) is 60.4 Å². The first-order valence-electron chi connectivity index (χ1n) is 7.34. The molecule has 1 aliphatic heterocycles. The van der Waals surface area contributed by atoms with E-state index in [0.29, 0.717) is 0 Å². The van der Waals surface area contributed by atoms with Crippen LogP contribution in [-0.2, 0) is 6.42 Å². The minimum atomic E-state index is -0.0265. The molecule has 0 bridgehead atoms. The molecule has 0 aliphatic carbocycles. The molecule has 1 unspecified atom stereocenters. The SMILES string of the molecule is O=C(Nc1cccnc1)N1CCCC1Cc1ccccc1. The normalized spacial score (nSPS) is 17.7. The fourth-order valence-corrected chi connectivity index (χ4v) is 2.83. The van der Waals surface area contributed by atoms with Gasteiger partial charge in [-0.3, -0.25) is 4.98 Å². The van der Waals surface area contributed by atoms with Crippen LogP contribution in [0, 0.1) is 0 Å². The first kappa shape index (κ1) is 13.6. The van der Waals surface area contributed by atoms with Gasteiger partial charge in [0.25, 0.3) is 0 Å². The van der Waals surface area contributed by atoms with Gasteiger partial charge in [0.05, 0.1) is 11.9 Å². The lowest BCUT2D eigenvalue weighted by molar-refractivity contribution is 0.206. The fourth-order valence-electron chi connectivity index (χ4n) is 2.83. The molecule has 0 radical (unpaired) electrons. The zero-order valence-electron chi connectivity index (χ0n) is 11.9. The average molecular weight is 281 g/mol. The molecule has 1 N–H and O–H groups in total. The summed E-state index contributed by atoms with van der Waals surface area (Å²) in [6.45, 7) is 0.823. The number of urea groups is 1. The summed E-state index contributed by atoms with van der Waals surface area (Å²) in [7, 11) is 0. The van der Waals surface area contributed by atoms with Crippen molar-refractivity contribution in [2.24, 2.45) is 0 Å². The van der Waals surface area contributed by atoms with Crippen LogP contribution in [0.3, 0.4) is 0 Å². The molecule has 21 heavy (non-hydrogen) atoms. The number of carbonyl (C=O) groups is 1. The highest BCUT2D eigenvalue weighted by atomic mass is 16.2. The quantitative estimate of drug-likeness (QED) is 0.938. The summed E-state index contributed by atoms with van der Waals surface area (Å²) in [5.74, 6) is 0. The number of amides is 2. The van der Waals surface area contributed by atoms with Crippen LogP contribution in [0.2, 0.25) is 0 Å². The molecule has 2 heterocycles. The van der Waals surface area contributed by atoms with E-state index in [0.717, 1.165) is 31.5 Å². The van der Waals surface area contributed by atoms with Crippen LogP contribution in [0.1, 0.15) is 18.4 Å². The van der Waals surface area contributed by atoms with E-state index in [2.05, 4.69) is 22.4 Å². The highest BCUT2D eigenvalue weighted by Gasteiger charge is 2.28. The van der Waals surface area contributed by atoms with Crippen molar-refractivity contribution >= 4 is 11.7 Å². The van der Waals surface area contributed by atoms with Crippen molar-refractivity contribution in [3.8, 4) is 0 Å². The van der Waals surface area contributed by atoms with Gasteiger partial charge >= 0.3 is 6.03 Å². The number of hydrogen-bond acceptors (Lipinski definition) is 2. The highest BCUT2D eigenvalue weighted by Crippen LogP contribution is 2.22. The Labute approximate surface area is 124 Å². The number of likely N-dealkylation sites (tertiary alicyclic amines) is 1. The third kappa shape index (κ3) is 3.40. The maximum Gasteiger partial charge on any atom is 0.322 e. The van der Waals surface area contributed by atoms with Gasteiger partial charge in [0, 0.05) is 18.8 Å². The molecule has 1 atom stereocenters. The Kier molecular flexibility index (Phi) is 4.15. The van der Waals surface area contributed by atoms with Crippen LogP contribution in [0.25, 0.3) is 0 Å². The predicted octanol–water partition coefficient (Wildman–Crippen LogP) is 3.32. The molecule has 0 saturated carbocycles. The van der Waals surface area contributed by atoms with Crippen LogP contribution in [0.5, 0.6) is 0 Å². The number of nitrogens with zero attached hydrogens (tertiary/aromatic N) is 2. The fraction of sp³-hybridized carbons (Fsp3) is 0.294. The summed E-state index contributed by atoms with van der Waals surface area (Å²) in [6.07, 6.45) is 6.42. The van der Waals surface area contributed by atoms with E-state index in [1.54, 1.807) is 12.4 Å². The lowest BCUT2D eigenvalue weighted by Gasteiger charge is -2.25. The minimum absolute atomic E-state index is 0.0265. The van der Waals surface area contributed by atoms with Gasteiger partial charge in [-0.1, -0.05) is 30.3 Å². The summed E-state index contributed by atoms with van der Waals surface area (Å²) in [5, 5.41) is 2.92. The second-order valence-corrected chi connectivity index (χ2v) is 5.35. The van der Waals surface area contributed by atoms with Crippen LogP contribution < -0.4 is 5.32 Å². The average Bonchev–Trinajstić information content (AvgIpc) is 2.97. The van der Waals surface area contributed by atoms with Crippen LogP contribution in [-0.4, -0.2) is 28.5 Å². The number of rotatable bonds is 3. The second-order valence-electron chi connectivity index (χ2n) is 5.35. The number of nitrogens with one attached hydrogen (secondary N) is 1. The number of hydrogen-bond donors (Lipinski definition) is 1. The van der Waals surface area contributed by atoms with E-state index >= 15 is 0 Å². The van der Waals surface area contributed by atoms with Crippen molar-refractivity contribution < 1.29 is 4.79 Å². The number of carbonyl (C=O) groups excluding carboxylic acids is 1. The standard InChI is InChI=1S/C17H19N3O/c21-17(19-15-8-4-10-18-13-15)20-11-5-9-16(20)12-14-6-2-1-3-7-14/h1-4,6-8,10,13,16H,5,9,11-12H2,(H,19,21). The largest absolute Gasteiger partial charge is 0.322 e. The molecule has 3 rings (SSSR count). The smallest absolute Gasteiger partial charge is 0.321 e. The molecule has 1 saturated heterocycles. The summed E-state index contributed by atoms with van der Waals surface area (Å²) < 4.78 is 0. The first-order valence-corrected chi connectivity index (χ1v) is 7.34. The van der Waals surface area contributed by atoms with E-state index in [4.69, 9.17) is 0 Å². The van der Waals surface area contributed by atoms with Gasteiger partial charge in [0.2, 0.25) is 0 Å². The summed E-state index contributed by atoms with van der Waals surface area (Å²) in [6, 6.07) is 14.3. The topological polar surface area (TPSA) is 45.2 Å². The maximum atomic E-state index is 12.4. The Hall–Kier alpha value is -2.36. The van der Waals surface area contributed by atoms with Crippen molar-refractivity contribution in [1.29, 1.82) is 0 Å². The Bertz CT molecular complexity index is 585. The van der Waals surface area contributed by atoms with Gasteiger partial charge in [-0.15, -0.1) is 0 Å². The van der Waals surface area contributed by atoms with Crippen molar-refractivity contribution in [1.82, 2.24) is 9.88 Å². The molecule has 2 aromatic rings. The number of pyridine rings is 1. The van der Waals surface area contributed by atoms with Crippen LogP contribution in [0.15, 0.2) is 54.9 Å². The molecule has 4 nitrogen and oxygen atoms in total. The van der Waals surface area contributed by atoms with E-state index in [-0.39, 0.29) is 12.1 Å². The van der Waals surface area contributed by atoms with Gasteiger partial charge in [-0.05, 0) is 37.0 Å². The summed E-state index contributed by atoms with van der Waals surface area (Å²) >= 11 is 0. The van der Waals surface area contributed by atoms with E-state index in [9.17, 15) is 4.79 Å². The van der Waals surface area contributed by atoms with Crippen LogP contribution >= 0.6 is 0 Å². The number of benzene rings is 1. The van der Waals surface area contributed by atoms with Gasteiger partial charge in [-0.2, -0.15) is 0 Å². The molecule has 1 aromatic heterocycles. The van der Waals surface area contributed by atoms with E-state index in [1.807, 2.05) is 35.2 Å². The second kappa shape index (κ2) is 6.39. The zero-order valence-corrected chi connectivity index (χ0v) is 11.9. The molecule has 0 spiro atoms. The zero-order chi connectivity index (χ0) is 14.5. The molecular weight excluding hydrogens is 262 g/mol. The predicted molar refractivity (Wildman–Crippen MR) is 83.1 cm³/mol. The third-order valence-electron chi connectivity index (χ3n) is 3.86. The Morgan fingerprint density at radius 2 is 2.10 bits per heavy atom. The molecule has 4 heteroatoms. The Balaban J connectivity index is 1.65. The number of anilines is 1. The Morgan fingerprint density at radius 1 is 1.24 bits per heavy atom. The van der Waals surface area contributed by atoms with E-state index < -0.39 is 0 Å². The van der Waals surface area contributed by atoms with Gasteiger partial charge in [0.1, 0.15) is 0 Å². The molecule has 1 aromatic carbocycles. The maximum absolute atomic E-state index is 12.4. The lowest BCUT2D eigenvalue weighted by Crippen LogP contribution is -2.39. The van der Waals surface area contributed by atoms with Gasteiger partial charge in [-0.25, -0.2) is 4.79 Å². The lowest BCUT2D eigenvalue weighted by atomic mass is 10.0. The van der Waals surface area contributed by atoms with Gasteiger partial charge in [0.15, 0.2) is 0 Å². The summed E-state index contributed by atoms with van der Waals surface area (Å²) in [4.78, 5) is 18.4. The molecule has 2 amide bonds. The van der Waals surface area contributed by atoms with E-state index in [1.165, 1.54) is 5.56 Å². The Morgan fingerprint density at radius 3 is 2.86 bits per heavy atom. The molecule has 108 valence electrons. The first-order chi connectivity index (χ1) is 10.3. The highest BCUT2D eigenvalue weighted by molar-refractivity contribution is 5.89.